The molecular formula is C16H30O2. The zero-order chi connectivity index (χ0) is 13.6. The quantitative estimate of drug-likeness (QED) is 0.641. The Balaban J connectivity index is 2.77. The van der Waals surface area contributed by atoms with Gasteiger partial charge >= 0.3 is 5.97 Å². The first-order valence-corrected chi connectivity index (χ1v) is 7.75. The molecule has 0 N–H and O–H groups in total. The summed E-state index contributed by atoms with van der Waals surface area (Å²) in [6.45, 7) is 8.37. The number of carbonyl (C=O) groups is 1. The van der Waals surface area contributed by atoms with Crippen LogP contribution in [0.3, 0.4) is 0 Å². The van der Waals surface area contributed by atoms with Gasteiger partial charge in [0.05, 0.1) is 11.5 Å². The molecule has 1 aliphatic carbocycles. The second-order valence-corrected chi connectivity index (χ2v) is 6.18. The Morgan fingerprint density at radius 3 is 2.11 bits per heavy atom. The average Bonchev–Trinajstić information content (AvgIpc) is 2.36. The molecule has 0 atom stereocenters. The lowest BCUT2D eigenvalue weighted by Crippen LogP contribution is -2.38. The van der Waals surface area contributed by atoms with Crippen LogP contribution in [0.5, 0.6) is 0 Å². The van der Waals surface area contributed by atoms with Gasteiger partial charge in [-0.3, -0.25) is 4.79 Å². The Hall–Kier alpha value is -0.530. The highest BCUT2D eigenvalue weighted by Crippen LogP contribution is 2.44. The first-order valence-electron chi connectivity index (χ1n) is 7.75. The van der Waals surface area contributed by atoms with E-state index < -0.39 is 0 Å². The predicted octanol–water partition coefficient (Wildman–Crippen LogP) is 4.71. The minimum absolute atomic E-state index is 0.0120. The van der Waals surface area contributed by atoms with Crippen molar-refractivity contribution in [2.75, 3.05) is 0 Å². The van der Waals surface area contributed by atoms with Gasteiger partial charge in [0.1, 0.15) is 0 Å². The van der Waals surface area contributed by atoms with Gasteiger partial charge in [0, 0.05) is 0 Å². The number of rotatable bonds is 6. The number of hydrogen-bond donors (Lipinski definition) is 0. The van der Waals surface area contributed by atoms with Gasteiger partial charge < -0.3 is 4.74 Å². The fourth-order valence-electron chi connectivity index (χ4n) is 3.19. The molecule has 1 saturated carbocycles. The van der Waals surface area contributed by atoms with Crippen LogP contribution in [0.4, 0.5) is 0 Å². The number of carbonyl (C=O) groups excluding carboxylic acids is 1. The maximum atomic E-state index is 12.5. The Morgan fingerprint density at radius 1 is 1.11 bits per heavy atom. The van der Waals surface area contributed by atoms with Crippen LogP contribution >= 0.6 is 0 Å². The summed E-state index contributed by atoms with van der Waals surface area (Å²) < 4.78 is 5.54. The molecule has 2 nitrogen and oxygen atoms in total. The molecule has 0 bridgehead atoms. The Bertz CT molecular complexity index is 248. The van der Waals surface area contributed by atoms with E-state index in [4.69, 9.17) is 4.74 Å². The van der Waals surface area contributed by atoms with E-state index in [9.17, 15) is 4.79 Å². The first kappa shape index (κ1) is 15.5. The standard InChI is InChI=1S/C16H30O2/c1-5-14(6-2)12-16(10-8-7-9-11-16)15(17)18-13(3)4/h13-14H,5-12H2,1-4H3. The van der Waals surface area contributed by atoms with Crippen LogP contribution in [0.2, 0.25) is 0 Å². The molecule has 1 rings (SSSR count). The zero-order valence-corrected chi connectivity index (χ0v) is 12.6. The molecule has 0 saturated heterocycles. The van der Waals surface area contributed by atoms with Gasteiger partial charge in [-0.15, -0.1) is 0 Å². The average molecular weight is 254 g/mol. The molecule has 1 fully saturated rings. The number of esters is 1. The Morgan fingerprint density at radius 2 is 1.67 bits per heavy atom. The van der Waals surface area contributed by atoms with E-state index in [0.717, 1.165) is 19.3 Å². The predicted molar refractivity (Wildman–Crippen MR) is 75.4 cm³/mol. The molecule has 0 radical (unpaired) electrons. The molecule has 18 heavy (non-hydrogen) atoms. The molecule has 1 aliphatic rings. The van der Waals surface area contributed by atoms with E-state index in [0.29, 0.717) is 5.92 Å². The van der Waals surface area contributed by atoms with Crippen molar-refractivity contribution in [1.82, 2.24) is 0 Å². The van der Waals surface area contributed by atoms with Gasteiger partial charge in [-0.2, -0.15) is 0 Å². The highest BCUT2D eigenvalue weighted by molar-refractivity contribution is 5.77. The molecular weight excluding hydrogens is 224 g/mol. The van der Waals surface area contributed by atoms with Crippen LogP contribution in [-0.2, 0) is 9.53 Å². The maximum Gasteiger partial charge on any atom is 0.312 e. The van der Waals surface area contributed by atoms with Gasteiger partial charge in [0.2, 0.25) is 0 Å². The molecule has 0 aromatic heterocycles. The molecule has 0 aromatic rings. The van der Waals surface area contributed by atoms with Crippen molar-refractivity contribution in [3.8, 4) is 0 Å². The molecule has 0 amide bonds. The largest absolute Gasteiger partial charge is 0.463 e. The van der Waals surface area contributed by atoms with Crippen molar-refractivity contribution < 1.29 is 9.53 Å². The molecule has 106 valence electrons. The monoisotopic (exact) mass is 254 g/mol. The molecule has 0 spiro atoms. The zero-order valence-electron chi connectivity index (χ0n) is 12.6. The summed E-state index contributed by atoms with van der Waals surface area (Å²) in [7, 11) is 0. The smallest absolute Gasteiger partial charge is 0.312 e. The minimum Gasteiger partial charge on any atom is -0.463 e. The van der Waals surface area contributed by atoms with Crippen LogP contribution in [0.1, 0.15) is 79.1 Å². The molecule has 0 aromatic carbocycles. The maximum absolute atomic E-state index is 12.5. The summed E-state index contributed by atoms with van der Waals surface area (Å²) in [6.07, 6.45) is 9.12. The second kappa shape index (κ2) is 7.16. The third-order valence-corrected chi connectivity index (χ3v) is 4.42. The highest BCUT2D eigenvalue weighted by atomic mass is 16.5. The van der Waals surface area contributed by atoms with Crippen molar-refractivity contribution in [2.24, 2.45) is 11.3 Å². The van der Waals surface area contributed by atoms with E-state index in [2.05, 4.69) is 13.8 Å². The summed E-state index contributed by atoms with van der Waals surface area (Å²) in [5.74, 6) is 0.743. The van der Waals surface area contributed by atoms with Gasteiger partial charge in [-0.1, -0.05) is 46.0 Å². The number of hydrogen-bond acceptors (Lipinski definition) is 2. The summed E-state index contributed by atoms with van der Waals surface area (Å²) in [5.41, 5.74) is -0.167. The van der Waals surface area contributed by atoms with Crippen molar-refractivity contribution in [1.29, 1.82) is 0 Å². The fourth-order valence-corrected chi connectivity index (χ4v) is 3.19. The van der Waals surface area contributed by atoms with Crippen LogP contribution in [0, 0.1) is 11.3 Å². The lowest BCUT2D eigenvalue weighted by atomic mass is 9.68. The third-order valence-electron chi connectivity index (χ3n) is 4.42. The van der Waals surface area contributed by atoms with Crippen molar-refractivity contribution in [2.45, 2.75) is 85.2 Å². The molecule has 2 heteroatoms. The van der Waals surface area contributed by atoms with Crippen molar-refractivity contribution >= 4 is 5.97 Å². The van der Waals surface area contributed by atoms with E-state index in [-0.39, 0.29) is 17.5 Å². The Kier molecular flexibility index (Phi) is 6.17. The lowest BCUT2D eigenvalue weighted by Gasteiger charge is -2.37. The summed E-state index contributed by atoms with van der Waals surface area (Å²) in [6, 6.07) is 0. The molecule has 0 aliphatic heterocycles. The van der Waals surface area contributed by atoms with Gasteiger partial charge in [0.25, 0.3) is 0 Å². The highest BCUT2D eigenvalue weighted by Gasteiger charge is 2.42. The normalized spacial score (nSPS) is 19.2. The lowest BCUT2D eigenvalue weighted by molar-refractivity contribution is -0.163. The first-order chi connectivity index (χ1) is 8.54. The fraction of sp³-hybridized carbons (Fsp3) is 0.938. The van der Waals surface area contributed by atoms with E-state index in [1.165, 1.54) is 32.1 Å². The summed E-state index contributed by atoms with van der Waals surface area (Å²) >= 11 is 0. The third kappa shape index (κ3) is 4.00. The van der Waals surface area contributed by atoms with Crippen LogP contribution in [0.15, 0.2) is 0 Å². The van der Waals surface area contributed by atoms with E-state index in [1.807, 2.05) is 13.8 Å². The van der Waals surface area contributed by atoms with Crippen LogP contribution < -0.4 is 0 Å². The van der Waals surface area contributed by atoms with E-state index in [1.54, 1.807) is 0 Å². The van der Waals surface area contributed by atoms with Gasteiger partial charge in [-0.25, -0.2) is 0 Å². The molecule has 0 heterocycles. The number of ether oxygens (including phenoxy) is 1. The van der Waals surface area contributed by atoms with Gasteiger partial charge in [-0.05, 0) is 39.0 Å². The topological polar surface area (TPSA) is 26.3 Å². The van der Waals surface area contributed by atoms with Gasteiger partial charge in [0.15, 0.2) is 0 Å². The minimum atomic E-state index is -0.167. The molecule has 0 unspecified atom stereocenters. The van der Waals surface area contributed by atoms with Crippen molar-refractivity contribution in [3.05, 3.63) is 0 Å². The second-order valence-electron chi connectivity index (χ2n) is 6.18. The van der Waals surface area contributed by atoms with Crippen molar-refractivity contribution in [3.63, 3.8) is 0 Å². The Labute approximate surface area is 112 Å². The van der Waals surface area contributed by atoms with Crippen LogP contribution in [-0.4, -0.2) is 12.1 Å². The summed E-state index contributed by atoms with van der Waals surface area (Å²) in [4.78, 5) is 12.5. The summed E-state index contributed by atoms with van der Waals surface area (Å²) in [5, 5.41) is 0. The SMILES string of the molecule is CCC(CC)CC1(C(=O)OC(C)C)CCCCC1. The van der Waals surface area contributed by atoms with Crippen LogP contribution in [0.25, 0.3) is 0 Å². The van der Waals surface area contributed by atoms with E-state index >= 15 is 0 Å².